The van der Waals surface area contributed by atoms with E-state index in [1.165, 1.54) is 12.4 Å². The number of rotatable bonds is 2. The third-order valence-electron chi connectivity index (χ3n) is 1.19. The maximum Gasteiger partial charge on any atom is 0.206 e. The first-order valence-electron chi connectivity index (χ1n) is 3.43. The quantitative estimate of drug-likeness (QED) is 0.368. The summed E-state index contributed by atoms with van der Waals surface area (Å²) in [5.74, 6) is -0.221. The van der Waals surface area contributed by atoms with Crippen LogP contribution in [0.15, 0.2) is 23.6 Å². The molecular formula is C7H8ClN5. The van der Waals surface area contributed by atoms with Crippen LogP contribution in [0.4, 0.5) is 0 Å². The Labute approximate surface area is 80.1 Å². The minimum Gasteiger partial charge on any atom is -0.369 e. The van der Waals surface area contributed by atoms with Gasteiger partial charge in [-0.25, -0.2) is 5.43 Å². The number of aromatic nitrogens is 1. The van der Waals surface area contributed by atoms with Gasteiger partial charge in [0, 0.05) is 18.0 Å². The van der Waals surface area contributed by atoms with Gasteiger partial charge in [-0.05, 0) is 6.07 Å². The zero-order valence-electron chi connectivity index (χ0n) is 6.66. The molecule has 0 saturated heterocycles. The molecule has 0 aromatic carbocycles. The molecule has 0 aliphatic heterocycles. The van der Waals surface area contributed by atoms with Gasteiger partial charge in [0.15, 0.2) is 0 Å². The molecule has 6 heteroatoms. The van der Waals surface area contributed by atoms with Gasteiger partial charge in [0.05, 0.1) is 11.2 Å². The van der Waals surface area contributed by atoms with Crippen molar-refractivity contribution in [2.45, 2.75) is 0 Å². The van der Waals surface area contributed by atoms with Crippen molar-refractivity contribution in [1.82, 2.24) is 10.4 Å². The molecule has 0 spiro atoms. The van der Waals surface area contributed by atoms with Crippen molar-refractivity contribution in [2.24, 2.45) is 10.8 Å². The lowest BCUT2D eigenvalue weighted by Gasteiger charge is -1.96. The Hall–Kier alpha value is -1.62. The highest BCUT2D eigenvalue weighted by molar-refractivity contribution is 6.32. The van der Waals surface area contributed by atoms with Crippen molar-refractivity contribution < 1.29 is 0 Å². The first-order chi connectivity index (χ1) is 6.20. The predicted octanol–water partition coefficient (Wildman–Crippen LogP) is 0.552. The van der Waals surface area contributed by atoms with Crippen LogP contribution in [0.5, 0.6) is 0 Å². The number of pyridine rings is 1. The first-order valence-corrected chi connectivity index (χ1v) is 3.80. The van der Waals surface area contributed by atoms with Gasteiger partial charge in [0.1, 0.15) is 0 Å². The van der Waals surface area contributed by atoms with E-state index in [0.29, 0.717) is 10.6 Å². The Kier molecular flexibility index (Phi) is 3.22. The summed E-state index contributed by atoms with van der Waals surface area (Å²) < 4.78 is 0. The van der Waals surface area contributed by atoms with Crippen molar-refractivity contribution in [2.75, 3.05) is 0 Å². The topological polar surface area (TPSA) is 87.2 Å². The molecule has 1 heterocycles. The van der Waals surface area contributed by atoms with E-state index in [-0.39, 0.29) is 5.96 Å². The molecule has 0 unspecified atom stereocenters. The Balaban J connectivity index is 2.68. The fourth-order valence-corrected chi connectivity index (χ4v) is 0.830. The minimum absolute atomic E-state index is 0.221. The average molecular weight is 198 g/mol. The third kappa shape index (κ3) is 3.08. The number of halogens is 1. The summed E-state index contributed by atoms with van der Waals surface area (Å²) in [7, 11) is 0. The molecule has 0 aliphatic rings. The van der Waals surface area contributed by atoms with Crippen LogP contribution in [0.3, 0.4) is 0 Å². The average Bonchev–Trinajstić information content (AvgIpc) is 2.08. The zero-order chi connectivity index (χ0) is 9.68. The molecule has 1 aromatic heterocycles. The maximum atomic E-state index is 6.82. The van der Waals surface area contributed by atoms with Gasteiger partial charge in [-0.3, -0.25) is 10.4 Å². The molecule has 0 bridgehead atoms. The highest BCUT2D eigenvalue weighted by atomic mass is 35.5. The zero-order valence-corrected chi connectivity index (χ0v) is 7.42. The highest BCUT2D eigenvalue weighted by Gasteiger charge is 1.94. The standard InChI is InChI=1S/C7H8ClN5/c8-6-4-11-2-1-5(6)3-12-13-7(9)10/h1-4H,(H4,9,10,13)/b12-3+. The van der Waals surface area contributed by atoms with Crippen molar-refractivity contribution in [3.05, 3.63) is 29.0 Å². The lowest BCUT2D eigenvalue weighted by atomic mass is 10.3. The molecule has 0 aliphatic carbocycles. The van der Waals surface area contributed by atoms with Gasteiger partial charge in [-0.2, -0.15) is 5.10 Å². The molecule has 0 saturated carbocycles. The van der Waals surface area contributed by atoms with E-state index in [1.54, 1.807) is 12.3 Å². The predicted molar refractivity (Wildman–Crippen MR) is 51.9 cm³/mol. The van der Waals surface area contributed by atoms with Gasteiger partial charge >= 0.3 is 0 Å². The largest absolute Gasteiger partial charge is 0.369 e. The Bertz CT molecular complexity index is 335. The van der Waals surface area contributed by atoms with E-state index in [2.05, 4.69) is 15.5 Å². The fourth-order valence-electron chi connectivity index (χ4n) is 0.662. The van der Waals surface area contributed by atoms with E-state index in [9.17, 15) is 0 Å². The van der Waals surface area contributed by atoms with Gasteiger partial charge in [0.25, 0.3) is 0 Å². The van der Waals surface area contributed by atoms with Crippen LogP contribution in [-0.4, -0.2) is 17.2 Å². The number of nitrogens with zero attached hydrogens (tertiary/aromatic N) is 2. The van der Waals surface area contributed by atoms with Crippen LogP contribution in [-0.2, 0) is 0 Å². The second-order valence-electron chi connectivity index (χ2n) is 2.18. The van der Waals surface area contributed by atoms with Crippen LogP contribution in [0, 0.1) is 5.41 Å². The normalized spacial score (nSPS) is 10.2. The molecule has 5 nitrogen and oxygen atoms in total. The van der Waals surface area contributed by atoms with Gasteiger partial charge in [0.2, 0.25) is 5.96 Å². The summed E-state index contributed by atoms with van der Waals surface area (Å²) in [6.45, 7) is 0. The molecule has 1 aromatic rings. The first kappa shape index (κ1) is 9.47. The molecule has 0 radical (unpaired) electrons. The van der Waals surface area contributed by atoms with Gasteiger partial charge < -0.3 is 5.73 Å². The molecule has 68 valence electrons. The second kappa shape index (κ2) is 4.42. The summed E-state index contributed by atoms with van der Waals surface area (Å²) in [6.07, 6.45) is 4.57. The molecule has 0 amide bonds. The summed E-state index contributed by atoms with van der Waals surface area (Å²) in [4.78, 5) is 3.81. The molecule has 0 fully saturated rings. The van der Waals surface area contributed by atoms with Gasteiger partial charge in [-0.1, -0.05) is 11.6 Å². The van der Waals surface area contributed by atoms with Crippen LogP contribution in [0.1, 0.15) is 5.56 Å². The third-order valence-corrected chi connectivity index (χ3v) is 1.51. The highest BCUT2D eigenvalue weighted by Crippen LogP contribution is 2.09. The molecule has 4 N–H and O–H groups in total. The van der Waals surface area contributed by atoms with Crippen LogP contribution < -0.4 is 11.2 Å². The Morgan fingerprint density at radius 1 is 1.77 bits per heavy atom. The van der Waals surface area contributed by atoms with Gasteiger partial charge in [-0.15, -0.1) is 0 Å². The minimum atomic E-state index is -0.221. The monoisotopic (exact) mass is 197 g/mol. The van der Waals surface area contributed by atoms with Crippen molar-refractivity contribution in [1.29, 1.82) is 5.41 Å². The van der Waals surface area contributed by atoms with E-state index < -0.39 is 0 Å². The fraction of sp³-hybridized carbons (Fsp3) is 0. The SMILES string of the molecule is N=C(N)N/N=C/c1ccncc1Cl. The summed E-state index contributed by atoms with van der Waals surface area (Å²) in [5, 5.41) is 11.0. The van der Waals surface area contributed by atoms with Crippen LogP contribution >= 0.6 is 11.6 Å². The summed E-state index contributed by atoms with van der Waals surface area (Å²) in [5.41, 5.74) is 7.99. The van der Waals surface area contributed by atoms with Crippen molar-refractivity contribution >= 4 is 23.8 Å². The van der Waals surface area contributed by atoms with Crippen LogP contribution in [0.2, 0.25) is 5.02 Å². The number of nitrogens with one attached hydrogen (secondary N) is 2. The molecule has 13 heavy (non-hydrogen) atoms. The number of hydrogen-bond acceptors (Lipinski definition) is 3. The Morgan fingerprint density at radius 2 is 2.54 bits per heavy atom. The number of guanidine groups is 1. The maximum absolute atomic E-state index is 6.82. The molecule has 1 rings (SSSR count). The molecular weight excluding hydrogens is 190 g/mol. The summed E-state index contributed by atoms with van der Waals surface area (Å²) in [6, 6.07) is 1.70. The lowest BCUT2D eigenvalue weighted by Crippen LogP contribution is -2.25. The summed E-state index contributed by atoms with van der Waals surface area (Å²) >= 11 is 5.77. The smallest absolute Gasteiger partial charge is 0.206 e. The number of hydrogen-bond donors (Lipinski definition) is 3. The lowest BCUT2D eigenvalue weighted by molar-refractivity contribution is 1.00. The van der Waals surface area contributed by atoms with E-state index in [4.69, 9.17) is 22.7 Å². The van der Waals surface area contributed by atoms with Crippen molar-refractivity contribution in [3.63, 3.8) is 0 Å². The Morgan fingerprint density at radius 3 is 3.15 bits per heavy atom. The van der Waals surface area contributed by atoms with E-state index in [1.807, 2.05) is 0 Å². The van der Waals surface area contributed by atoms with Crippen LogP contribution in [0.25, 0.3) is 0 Å². The second-order valence-corrected chi connectivity index (χ2v) is 2.59. The molecule has 0 atom stereocenters. The number of nitrogens with two attached hydrogens (primary N) is 1. The van der Waals surface area contributed by atoms with E-state index in [0.717, 1.165) is 0 Å². The number of hydrazone groups is 1. The van der Waals surface area contributed by atoms with Crippen molar-refractivity contribution in [3.8, 4) is 0 Å². The van der Waals surface area contributed by atoms with E-state index >= 15 is 0 Å².